The Bertz CT molecular complexity index is 421. The first-order chi connectivity index (χ1) is 9.46. The van der Waals surface area contributed by atoms with E-state index < -0.39 is 0 Å². The average molecular weight is 408 g/mol. The summed E-state index contributed by atoms with van der Waals surface area (Å²) < 4.78 is 2.07. The van der Waals surface area contributed by atoms with Gasteiger partial charge in [0.2, 0.25) is 0 Å². The van der Waals surface area contributed by atoms with E-state index in [4.69, 9.17) is 0 Å². The smallest absolute Gasteiger partial charge is 0.191 e. The van der Waals surface area contributed by atoms with Crippen LogP contribution in [0.15, 0.2) is 11.3 Å². The number of hydrogen-bond donors (Lipinski definition) is 2. The second-order valence-electron chi connectivity index (χ2n) is 5.83. The first kappa shape index (κ1) is 20.1. The summed E-state index contributed by atoms with van der Waals surface area (Å²) in [6, 6.07) is 0. The molecule has 0 aliphatic rings. The molecule has 21 heavy (non-hydrogen) atoms. The van der Waals surface area contributed by atoms with E-state index in [0.717, 1.165) is 44.3 Å². The quantitative estimate of drug-likeness (QED) is 0.430. The van der Waals surface area contributed by atoms with Crippen molar-refractivity contribution >= 4 is 29.9 Å². The Morgan fingerprint density at radius 1 is 1.33 bits per heavy atom. The minimum absolute atomic E-state index is 0. The van der Waals surface area contributed by atoms with Gasteiger partial charge in [0.05, 0.1) is 0 Å². The van der Waals surface area contributed by atoms with E-state index in [9.17, 15) is 0 Å². The van der Waals surface area contributed by atoms with Gasteiger partial charge >= 0.3 is 0 Å². The second-order valence-corrected chi connectivity index (χ2v) is 5.83. The van der Waals surface area contributed by atoms with Crippen LogP contribution in [0.4, 0.5) is 0 Å². The van der Waals surface area contributed by atoms with Gasteiger partial charge in [-0.1, -0.05) is 13.8 Å². The van der Waals surface area contributed by atoms with Crippen LogP contribution in [0.25, 0.3) is 0 Å². The van der Waals surface area contributed by atoms with Crippen molar-refractivity contribution in [3.05, 3.63) is 12.2 Å². The Hall–Kier alpha value is -0.860. The highest BCUT2D eigenvalue weighted by molar-refractivity contribution is 14.0. The third-order valence-electron chi connectivity index (χ3n) is 2.64. The lowest BCUT2D eigenvalue weighted by Crippen LogP contribution is -2.48. The Balaban J connectivity index is 0.00000400. The third kappa shape index (κ3) is 8.23. The molecule has 1 aromatic heterocycles. The van der Waals surface area contributed by atoms with Gasteiger partial charge in [0.25, 0.3) is 0 Å². The minimum Gasteiger partial charge on any atom is -0.355 e. The molecule has 7 heteroatoms. The number of nitrogens with one attached hydrogen (secondary N) is 2. The molecule has 2 N–H and O–H groups in total. The van der Waals surface area contributed by atoms with Gasteiger partial charge in [-0.25, -0.2) is 0 Å². The van der Waals surface area contributed by atoms with Crippen molar-refractivity contribution < 1.29 is 0 Å². The van der Waals surface area contributed by atoms with Gasteiger partial charge in [0.15, 0.2) is 5.96 Å². The van der Waals surface area contributed by atoms with Crippen molar-refractivity contribution in [2.45, 2.75) is 59.5 Å². The molecule has 0 bridgehead atoms. The molecular weight excluding hydrogens is 379 g/mol. The molecule has 0 amide bonds. The monoisotopic (exact) mass is 408 g/mol. The van der Waals surface area contributed by atoms with Crippen LogP contribution in [-0.2, 0) is 13.0 Å². The molecule has 0 atom stereocenters. The van der Waals surface area contributed by atoms with Crippen molar-refractivity contribution in [1.82, 2.24) is 25.4 Å². The highest BCUT2D eigenvalue weighted by atomic mass is 127. The Morgan fingerprint density at radius 2 is 2.05 bits per heavy atom. The van der Waals surface area contributed by atoms with Gasteiger partial charge in [-0.2, -0.15) is 0 Å². The Labute approximate surface area is 145 Å². The van der Waals surface area contributed by atoms with E-state index in [1.807, 2.05) is 0 Å². The summed E-state index contributed by atoms with van der Waals surface area (Å²) in [6.45, 7) is 13.1. The van der Waals surface area contributed by atoms with Crippen LogP contribution in [0.1, 0.15) is 46.9 Å². The highest BCUT2D eigenvalue weighted by Gasteiger charge is 2.11. The number of aliphatic imine (C=N–C) groups is 1. The molecule has 0 aliphatic heterocycles. The molecule has 0 radical (unpaired) electrons. The SMILES string of the molecule is CCCN=C(NCCn1cnnc1CC)NC(C)(C)C.I. The Morgan fingerprint density at radius 3 is 2.62 bits per heavy atom. The van der Waals surface area contributed by atoms with E-state index in [1.54, 1.807) is 6.33 Å². The largest absolute Gasteiger partial charge is 0.355 e. The van der Waals surface area contributed by atoms with Crippen LogP contribution in [0.5, 0.6) is 0 Å². The number of aryl methyl sites for hydroxylation is 1. The van der Waals surface area contributed by atoms with E-state index in [2.05, 4.69) is 65.0 Å². The van der Waals surface area contributed by atoms with Crippen LogP contribution >= 0.6 is 24.0 Å². The average Bonchev–Trinajstić information content (AvgIpc) is 2.81. The maximum Gasteiger partial charge on any atom is 0.191 e. The lowest BCUT2D eigenvalue weighted by Gasteiger charge is -2.24. The normalized spacial score (nSPS) is 12.0. The molecule has 1 rings (SSSR count). The molecule has 6 nitrogen and oxygen atoms in total. The van der Waals surface area contributed by atoms with Crippen molar-refractivity contribution in [3.8, 4) is 0 Å². The molecule has 0 aromatic carbocycles. The molecule has 0 unspecified atom stereocenters. The van der Waals surface area contributed by atoms with Crippen molar-refractivity contribution in [1.29, 1.82) is 0 Å². The van der Waals surface area contributed by atoms with Crippen LogP contribution < -0.4 is 10.6 Å². The summed E-state index contributed by atoms with van der Waals surface area (Å²) >= 11 is 0. The lowest BCUT2D eigenvalue weighted by atomic mass is 10.1. The number of nitrogens with zero attached hydrogens (tertiary/aromatic N) is 4. The molecule has 1 heterocycles. The first-order valence-corrected chi connectivity index (χ1v) is 7.39. The van der Waals surface area contributed by atoms with Crippen LogP contribution in [0.2, 0.25) is 0 Å². The molecule has 122 valence electrons. The van der Waals surface area contributed by atoms with Crippen LogP contribution in [0.3, 0.4) is 0 Å². The molecular formula is C14H29IN6. The van der Waals surface area contributed by atoms with Crippen LogP contribution in [0, 0.1) is 0 Å². The maximum atomic E-state index is 4.54. The minimum atomic E-state index is 0. The van der Waals surface area contributed by atoms with Gasteiger partial charge < -0.3 is 15.2 Å². The summed E-state index contributed by atoms with van der Waals surface area (Å²) in [5.41, 5.74) is 0.00468. The zero-order chi connectivity index (χ0) is 15.0. The lowest BCUT2D eigenvalue weighted by molar-refractivity contribution is 0.498. The standard InChI is InChI=1S/C14H28N6.HI/c1-6-8-15-13(18-14(3,4)5)16-9-10-20-11-17-19-12(20)7-2;/h11H,6-10H2,1-5H3,(H2,15,16,18);1H. The number of rotatable bonds is 6. The molecule has 1 aromatic rings. The topological polar surface area (TPSA) is 67.1 Å². The van der Waals surface area contributed by atoms with Gasteiger partial charge in [0, 0.05) is 31.6 Å². The zero-order valence-corrected chi connectivity index (χ0v) is 16.1. The Kier molecular flexibility index (Phi) is 9.56. The molecule has 0 fully saturated rings. The molecule has 0 aliphatic carbocycles. The first-order valence-electron chi connectivity index (χ1n) is 7.39. The van der Waals surface area contributed by atoms with E-state index >= 15 is 0 Å². The highest BCUT2D eigenvalue weighted by Crippen LogP contribution is 1.98. The summed E-state index contributed by atoms with van der Waals surface area (Å²) in [5.74, 6) is 1.88. The summed E-state index contributed by atoms with van der Waals surface area (Å²) in [4.78, 5) is 4.54. The van der Waals surface area contributed by atoms with Gasteiger partial charge in [0.1, 0.15) is 12.2 Å². The molecule has 0 spiro atoms. The van der Waals surface area contributed by atoms with Gasteiger partial charge in [-0.3, -0.25) is 4.99 Å². The predicted molar refractivity (Wildman–Crippen MR) is 98.3 cm³/mol. The van der Waals surface area contributed by atoms with Gasteiger partial charge in [-0.05, 0) is 27.2 Å². The predicted octanol–water partition coefficient (Wildman–Crippen LogP) is 2.20. The number of halogens is 1. The van der Waals surface area contributed by atoms with E-state index in [-0.39, 0.29) is 29.5 Å². The number of guanidine groups is 1. The summed E-state index contributed by atoms with van der Waals surface area (Å²) in [7, 11) is 0. The van der Waals surface area contributed by atoms with Crippen LogP contribution in [-0.4, -0.2) is 39.4 Å². The second kappa shape index (κ2) is 9.97. The number of hydrogen-bond acceptors (Lipinski definition) is 3. The zero-order valence-electron chi connectivity index (χ0n) is 13.8. The van der Waals surface area contributed by atoms with E-state index in [1.165, 1.54) is 0 Å². The summed E-state index contributed by atoms with van der Waals surface area (Å²) in [6.07, 6.45) is 3.72. The van der Waals surface area contributed by atoms with Crippen molar-refractivity contribution in [2.75, 3.05) is 13.1 Å². The summed E-state index contributed by atoms with van der Waals surface area (Å²) in [5, 5.41) is 14.8. The van der Waals surface area contributed by atoms with Gasteiger partial charge in [-0.15, -0.1) is 34.2 Å². The van der Waals surface area contributed by atoms with E-state index in [0.29, 0.717) is 0 Å². The fraction of sp³-hybridized carbons (Fsp3) is 0.786. The fourth-order valence-electron chi connectivity index (χ4n) is 1.75. The maximum absolute atomic E-state index is 4.54. The molecule has 0 saturated carbocycles. The van der Waals surface area contributed by atoms with Crippen molar-refractivity contribution in [3.63, 3.8) is 0 Å². The molecule has 0 saturated heterocycles. The van der Waals surface area contributed by atoms with Crippen molar-refractivity contribution in [2.24, 2.45) is 4.99 Å². The number of aromatic nitrogens is 3. The fourth-order valence-corrected chi connectivity index (χ4v) is 1.75. The third-order valence-corrected chi connectivity index (χ3v) is 2.64.